The van der Waals surface area contributed by atoms with E-state index in [9.17, 15) is 14.0 Å². The largest absolute Gasteiger partial charge is 0.442 e. The monoisotopic (exact) mass is 418 g/mol. The minimum atomic E-state index is -0.558. The molecule has 2 amide bonds. The first-order chi connectivity index (χ1) is 14.4. The lowest BCUT2D eigenvalue weighted by Crippen LogP contribution is -2.36. The van der Waals surface area contributed by atoms with Gasteiger partial charge in [-0.25, -0.2) is 13.9 Å². The minimum Gasteiger partial charge on any atom is -0.442 e. The van der Waals surface area contributed by atoms with Crippen molar-refractivity contribution in [1.82, 2.24) is 25.5 Å². The van der Waals surface area contributed by atoms with E-state index in [4.69, 9.17) is 10.5 Å². The highest BCUT2D eigenvalue weighted by Crippen LogP contribution is 2.31. The van der Waals surface area contributed by atoms with Crippen molar-refractivity contribution >= 4 is 29.3 Å². The molecule has 2 aliphatic heterocycles. The number of rotatable bonds is 5. The van der Waals surface area contributed by atoms with E-state index in [-0.39, 0.29) is 31.0 Å². The summed E-state index contributed by atoms with van der Waals surface area (Å²) in [4.78, 5) is 26.5. The number of anilines is 3. The number of ether oxygens (including phenoxy) is 1. The van der Waals surface area contributed by atoms with E-state index >= 15 is 0 Å². The number of nitrogen functional groups attached to an aromatic ring is 1. The Bertz CT molecular complexity index is 943. The van der Waals surface area contributed by atoms with Crippen molar-refractivity contribution in [3.05, 3.63) is 24.0 Å². The van der Waals surface area contributed by atoms with E-state index < -0.39 is 18.0 Å². The van der Waals surface area contributed by atoms with Crippen LogP contribution < -0.4 is 20.9 Å². The summed E-state index contributed by atoms with van der Waals surface area (Å²) in [6.45, 7) is 3.12. The summed E-state index contributed by atoms with van der Waals surface area (Å²) in [6.07, 6.45) is 0.443. The van der Waals surface area contributed by atoms with Crippen LogP contribution in [0.2, 0.25) is 0 Å². The number of nitrogens with zero attached hydrogens (tertiary/aromatic N) is 6. The molecule has 0 spiro atoms. The molecular formula is C18H23FN8O3. The van der Waals surface area contributed by atoms with E-state index in [1.165, 1.54) is 17.9 Å². The molecule has 30 heavy (non-hydrogen) atoms. The number of piperidine rings is 1. The average molecular weight is 418 g/mol. The number of benzene rings is 1. The van der Waals surface area contributed by atoms with Gasteiger partial charge in [0.15, 0.2) is 0 Å². The van der Waals surface area contributed by atoms with Crippen molar-refractivity contribution in [2.24, 2.45) is 0 Å². The van der Waals surface area contributed by atoms with Crippen LogP contribution in [-0.2, 0) is 9.53 Å². The van der Waals surface area contributed by atoms with Crippen molar-refractivity contribution < 1.29 is 18.7 Å². The zero-order chi connectivity index (χ0) is 21.3. The molecular weight excluding hydrogens is 395 g/mol. The predicted octanol–water partition coefficient (Wildman–Crippen LogP) is 0.697. The van der Waals surface area contributed by atoms with Gasteiger partial charge in [0.05, 0.1) is 30.5 Å². The molecule has 1 aromatic heterocycles. The summed E-state index contributed by atoms with van der Waals surface area (Å²) in [6, 6.07) is 4.79. The third-order valence-electron chi connectivity index (χ3n) is 5.37. The predicted molar refractivity (Wildman–Crippen MR) is 105 cm³/mol. The summed E-state index contributed by atoms with van der Waals surface area (Å²) >= 11 is 0. The van der Waals surface area contributed by atoms with Crippen molar-refractivity contribution in [3.63, 3.8) is 0 Å². The van der Waals surface area contributed by atoms with Crippen LogP contribution in [0.3, 0.4) is 0 Å². The van der Waals surface area contributed by atoms with E-state index in [2.05, 4.69) is 20.8 Å². The number of hydrogen-bond acceptors (Lipinski definition) is 8. The zero-order valence-corrected chi connectivity index (χ0v) is 16.5. The first-order valence-electron chi connectivity index (χ1n) is 9.73. The highest BCUT2D eigenvalue weighted by molar-refractivity contribution is 5.90. The maximum Gasteiger partial charge on any atom is 0.414 e. The molecule has 0 radical (unpaired) electrons. The van der Waals surface area contributed by atoms with Gasteiger partial charge in [-0.2, -0.15) is 0 Å². The van der Waals surface area contributed by atoms with Gasteiger partial charge in [0.2, 0.25) is 11.9 Å². The lowest BCUT2D eigenvalue weighted by atomic mass is 10.0. The molecule has 12 heteroatoms. The second-order valence-electron chi connectivity index (χ2n) is 7.39. The number of hydrogen-bond donors (Lipinski definition) is 2. The quantitative estimate of drug-likeness (QED) is 0.725. The van der Waals surface area contributed by atoms with Gasteiger partial charge < -0.3 is 20.7 Å². The fourth-order valence-corrected chi connectivity index (χ4v) is 3.83. The Balaban J connectivity index is 1.40. The van der Waals surface area contributed by atoms with Gasteiger partial charge in [0, 0.05) is 20.0 Å². The second kappa shape index (κ2) is 8.13. The summed E-state index contributed by atoms with van der Waals surface area (Å²) in [5, 5.41) is 13.8. The van der Waals surface area contributed by atoms with Gasteiger partial charge >= 0.3 is 6.09 Å². The number of nitrogens with two attached hydrogens (primary N) is 1. The molecule has 4 rings (SSSR count). The van der Waals surface area contributed by atoms with Gasteiger partial charge in [-0.15, -0.1) is 0 Å². The Kier molecular flexibility index (Phi) is 5.38. The molecule has 0 bridgehead atoms. The second-order valence-corrected chi connectivity index (χ2v) is 7.39. The van der Waals surface area contributed by atoms with Crippen molar-refractivity contribution in [2.45, 2.75) is 31.9 Å². The van der Waals surface area contributed by atoms with E-state index in [1.807, 2.05) is 4.90 Å². The van der Waals surface area contributed by atoms with E-state index in [0.29, 0.717) is 24.5 Å². The van der Waals surface area contributed by atoms with Crippen LogP contribution in [0.5, 0.6) is 0 Å². The fourth-order valence-electron chi connectivity index (χ4n) is 3.83. The standard InChI is InChI=1S/C18H23FN8O3/c1-11(28)21-9-14-10-26(18(29)30-14)13-2-3-16(15(19)8-13)25-6-4-12(5-7-25)27-17(20)22-23-24-27/h2-3,8,12,14H,4-7,9-10H2,1H3,(H,21,28)(H2,20,22,24). The maximum atomic E-state index is 14.9. The molecule has 1 atom stereocenters. The first kappa shape index (κ1) is 19.9. The van der Waals surface area contributed by atoms with Crippen molar-refractivity contribution in [3.8, 4) is 0 Å². The van der Waals surface area contributed by atoms with Crippen LogP contribution in [0.25, 0.3) is 0 Å². The van der Waals surface area contributed by atoms with Crippen LogP contribution in [0.15, 0.2) is 18.2 Å². The Labute approximate surface area is 171 Å². The smallest absolute Gasteiger partial charge is 0.414 e. The number of nitrogens with one attached hydrogen (secondary N) is 1. The summed E-state index contributed by atoms with van der Waals surface area (Å²) < 4.78 is 21.7. The summed E-state index contributed by atoms with van der Waals surface area (Å²) in [5.41, 5.74) is 6.66. The average Bonchev–Trinajstić information content (AvgIpc) is 3.32. The topological polar surface area (TPSA) is 132 Å². The normalized spacial score (nSPS) is 19.8. The molecule has 2 saturated heterocycles. The summed E-state index contributed by atoms with van der Waals surface area (Å²) in [7, 11) is 0. The summed E-state index contributed by atoms with van der Waals surface area (Å²) in [5.74, 6) is -0.337. The molecule has 1 unspecified atom stereocenters. The van der Waals surface area contributed by atoms with Gasteiger partial charge in [0.25, 0.3) is 0 Å². The van der Waals surface area contributed by atoms with Gasteiger partial charge in [-0.05, 0) is 41.5 Å². The number of carbonyl (C=O) groups excluding carboxylic acids is 2. The van der Waals surface area contributed by atoms with Gasteiger partial charge in [-0.1, -0.05) is 5.10 Å². The zero-order valence-electron chi connectivity index (χ0n) is 16.5. The number of tetrazole rings is 1. The Morgan fingerprint density at radius 1 is 1.37 bits per heavy atom. The Morgan fingerprint density at radius 2 is 2.13 bits per heavy atom. The minimum absolute atomic E-state index is 0.0819. The van der Waals surface area contributed by atoms with E-state index in [1.54, 1.807) is 16.8 Å². The fraction of sp³-hybridized carbons (Fsp3) is 0.500. The van der Waals surface area contributed by atoms with Crippen LogP contribution in [-0.4, -0.2) is 64.5 Å². The van der Waals surface area contributed by atoms with Gasteiger partial charge in [-0.3, -0.25) is 9.69 Å². The number of aromatic nitrogens is 4. The highest BCUT2D eigenvalue weighted by atomic mass is 19.1. The van der Waals surface area contributed by atoms with Crippen molar-refractivity contribution in [2.75, 3.05) is 41.7 Å². The van der Waals surface area contributed by atoms with E-state index in [0.717, 1.165) is 12.8 Å². The van der Waals surface area contributed by atoms with Crippen molar-refractivity contribution in [1.29, 1.82) is 0 Å². The third kappa shape index (κ3) is 3.98. The van der Waals surface area contributed by atoms with Crippen LogP contribution in [0.1, 0.15) is 25.8 Å². The molecule has 2 aromatic rings. The molecule has 0 saturated carbocycles. The highest BCUT2D eigenvalue weighted by Gasteiger charge is 2.33. The van der Waals surface area contributed by atoms with Crippen LogP contribution in [0.4, 0.5) is 26.5 Å². The first-order valence-corrected chi connectivity index (χ1v) is 9.73. The lowest BCUT2D eigenvalue weighted by Gasteiger charge is -2.33. The number of carbonyl (C=O) groups is 2. The molecule has 1 aromatic carbocycles. The van der Waals surface area contributed by atoms with Crippen LogP contribution in [0, 0.1) is 5.82 Å². The maximum absolute atomic E-state index is 14.9. The molecule has 3 heterocycles. The molecule has 3 N–H and O–H groups in total. The Morgan fingerprint density at radius 3 is 2.77 bits per heavy atom. The SMILES string of the molecule is CC(=O)NCC1CN(c2ccc(N3CCC(n4nnnc4N)CC3)c(F)c2)C(=O)O1. The number of halogens is 1. The van der Waals surface area contributed by atoms with Gasteiger partial charge in [0.1, 0.15) is 11.9 Å². The Hall–Kier alpha value is -3.44. The molecule has 160 valence electrons. The number of amides is 2. The number of cyclic esters (lactones) is 1. The molecule has 11 nitrogen and oxygen atoms in total. The molecule has 0 aliphatic carbocycles. The molecule has 2 aliphatic rings. The molecule has 2 fully saturated rings. The third-order valence-corrected chi connectivity index (χ3v) is 5.37. The lowest BCUT2D eigenvalue weighted by molar-refractivity contribution is -0.119. The van der Waals surface area contributed by atoms with Crippen LogP contribution >= 0.6 is 0 Å².